The van der Waals surface area contributed by atoms with Gasteiger partial charge in [-0.25, -0.2) is 4.99 Å². The number of carbonyl (C=O) groups excluding carboxylic acids is 1. The Morgan fingerprint density at radius 2 is 1.88 bits per heavy atom. The van der Waals surface area contributed by atoms with Crippen LogP contribution in [0.15, 0.2) is 55.8 Å². The van der Waals surface area contributed by atoms with E-state index in [1.54, 1.807) is 41.9 Å². The van der Waals surface area contributed by atoms with E-state index in [2.05, 4.69) is 11.8 Å². The van der Waals surface area contributed by atoms with Crippen LogP contribution in [-0.2, 0) is 4.79 Å². The topological polar surface area (TPSA) is 89.5 Å². The van der Waals surface area contributed by atoms with Gasteiger partial charge in [-0.1, -0.05) is 18.3 Å². The first kappa shape index (κ1) is 28.7. The second-order valence-corrected chi connectivity index (χ2v) is 11.5. The number of rotatable bonds is 8. The van der Waals surface area contributed by atoms with Crippen molar-refractivity contribution in [2.45, 2.75) is 46.6 Å². The van der Waals surface area contributed by atoms with Crippen molar-refractivity contribution in [3.05, 3.63) is 72.6 Å². The molecule has 0 aliphatic carbocycles. The second kappa shape index (κ2) is 12.0. The molecular weight excluding hydrogens is 540 g/mol. The summed E-state index contributed by atoms with van der Waals surface area (Å²) in [6, 6.07) is 8.54. The zero-order chi connectivity index (χ0) is 29.3. The van der Waals surface area contributed by atoms with Gasteiger partial charge in [0.1, 0.15) is 23.3 Å². The Balaban J connectivity index is 1.65. The quantitative estimate of drug-likeness (QED) is 0.402. The molecule has 0 spiro atoms. The molecule has 5 rings (SSSR count). The van der Waals surface area contributed by atoms with Crippen molar-refractivity contribution >= 4 is 29.2 Å². The maximum atomic E-state index is 14.1. The molecule has 4 heterocycles. The molecular formula is C31H38N4O5S. The Bertz CT molecular complexity index is 1640. The molecule has 1 fully saturated rings. The molecule has 1 saturated heterocycles. The number of ether oxygens (including phenoxy) is 2. The summed E-state index contributed by atoms with van der Waals surface area (Å²) in [7, 11) is 3.16. The molecule has 1 amide bonds. The van der Waals surface area contributed by atoms with E-state index in [4.69, 9.17) is 18.9 Å². The third-order valence-electron chi connectivity index (χ3n) is 8.02. The van der Waals surface area contributed by atoms with Crippen molar-refractivity contribution < 1.29 is 18.7 Å². The molecule has 10 heteroatoms. The molecule has 0 saturated carbocycles. The van der Waals surface area contributed by atoms with Gasteiger partial charge in [0.15, 0.2) is 10.7 Å². The fraction of sp³-hybridized carbons (Fsp3) is 0.452. The summed E-state index contributed by atoms with van der Waals surface area (Å²) in [5, 5.41) is 0. The van der Waals surface area contributed by atoms with Crippen LogP contribution in [0.2, 0.25) is 0 Å². The Morgan fingerprint density at radius 3 is 2.54 bits per heavy atom. The predicted molar refractivity (Wildman–Crippen MR) is 161 cm³/mol. The summed E-state index contributed by atoms with van der Waals surface area (Å²) in [4.78, 5) is 37.3. The maximum absolute atomic E-state index is 14.1. The molecule has 2 aromatic heterocycles. The van der Waals surface area contributed by atoms with E-state index in [0.717, 1.165) is 37.7 Å². The van der Waals surface area contributed by atoms with Crippen molar-refractivity contribution in [2.24, 2.45) is 10.9 Å². The number of benzene rings is 1. The Kier molecular flexibility index (Phi) is 8.40. The van der Waals surface area contributed by atoms with Gasteiger partial charge in [0.05, 0.1) is 30.0 Å². The van der Waals surface area contributed by atoms with Gasteiger partial charge >= 0.3 is 0 Å². The van der Waals surface area contributed by atoms with E-state index in [9.17, 15) is 9.59 Å². The number of anilines is 1. The number of amides is 1. The van der Waals surface area contributed by atoms with Crippen molar-refractivity contribution in [1.82, 2.24) is 9.47 Å². The molecule has 2 aliphatic rings. The highest BCUT2D eigenvalue weighted by Crippen LogP contribution is 2.38. The van der Waals surface area contributed by atoms with Crippen LogP contribution in [0.1, 0.15) is 57.9 Å². The van der Waals surface area contributed by atoms with Crippen LogP contribution in [0.4, 0.5) is 5.88 Å². The minimum Gasteiger partial charge on any atom is -0.497 e. The molecule has 9 nitrogen and oxygen atoms in total. The smallest absolute Gasteiger partial charge is 0.271 e. The number of thiazole rings is 1. The number of methoxy groups -OCH3 is 2. The van der Waals surface area contributed by atoms with Crippen LogP contribution in [-0.4, -0.2) is 55.8 Å². The van der Waals surface area contributed by atoms with E-state index < -0.39 is 6.04 Å². The molecule has 3 aromatic rings. The molecule has 1 aromatic carbocycles. The van der Waals surface area contributed by atoms with Crippen LogP contribution in [0.5, 0.6) is 11.5 Å². The zero-order valence-corrected chi connectivity index (χ0v) is 25.4. The number of hydrogen-bond donors (Lipinski definition) is 0. The minimum atomic E-state index is -0.742. The first-order valence-electron chi connectivity index (χ1n) is 14.2. The molecule has 0 N–H and O–H groups in total. The Morgan fingerprint density at radius 1 is 1.15 bits per heavy atom. The molecule has 0 unspecified atom stereocenters. The largest absolute Gasteiger partial charge is 0.497 e. The van der Waals surface area contributed by atoms with Gasteiger partial charge in [0.2, 0.25) is 0 Å². The van der Waals surface area contributed by atoms with E-state index in [-0.39, 0.29) is 11.5 Å². The summed E-state index contributed by atoms with van der Waals surface area (Å²) in [5.74, 6) is 3.14. The SMILES string of the molecule is CCN(CC)C(=O)C1=C(C)N=c2s/c(=C\c3ccc(N4CCC(C)CC4)o3)c(=O)n2[C@@H]1c1cc(OC)ccc1OC. The zero-order valence-electron chi connectivity index (χ0n) is 24.6. The van der Waals surface area contributed by atoms with Gasteiger partial charge in [0.25, 0.3) is 11.5 Å². The summed E-state index contributed by atoms with van der Waals surface area (Å²) in [6.07, 6.45) is 4.04. The monoisotopic (exact) mass is 578 g/mol. The second-order valence-electron chi connectivity index (χ2n) is 10.5. The fourth-order valence-corrected chi connectivity index (χ4v) is 6.60. The minimum absolute atomic E-state index is 0.160. The summed E-state index contributed by atoms with van der Waals surface area (Å²) < 4.78 is 19.5. The number of aromatic nitrogens is 1. The van der Waals surface area contributed by atoms with Crippen LogP contribution in [0.25, 0.3) is 6.08 Å². The van der Waals surface area contributed by atoms with E-state index in [1.165, 1.54) is 11.3 Å². The van der Waals surface area contributed by atoms with Gasteiger partial charge in [0, 0.05) is 43.9 Å². The van der Waals surface area contributed by atoms with Crippen LogP contribution in [0.3, 0.4) is 0 Å². The highest BCUT2D eigenvalue weighted by atomic mass is 32.1. The molecule has 0 bridgehead atoms. The standard InChI is InChI=1S/C31H38N4O5S/c1-7-33(8-2)30(37)27-20(4)32-31-35(28(27)23-17-21(38-5)9-11-24(23)39-6)29(36)25(41-31)18-22-10-12-26(40-22)34-15-13-19(3)14-16-34/h9-12,17-19,28H,7-8,13-16H2,1-6H3/b25-18-/t28-/m1/s1. The molecule has 1 atom stereocenters. The lowest BCUT2D eigenvalue weighted by Crippen LogP contribution is -2.43. The van der Waals surface area contributed by atoms with Crippen LogP contribution < -0.4 is 29.3 Å². The summed E-state index contributed by atoms with van der Waals surface area (Å²) >= 11 is 1.28. The van der Waals surface area contributed by atoms with E-state index in [0.29, 0.717) is 56.5 Å². The third kappa shape index (κ3) is 5.45. The lowest BCUT2D eigenvalue weighted by atomic mass is 9.93. The van der Waals surface area contributed by atoms with Crippen molar-refractivity contribution in [1.29, 1.82) is 0 Å². The van der Waals surface area contributed by atoms with E-state index in [1.807, 2.05) is 39.0 Å². The highest BCUT2D eigenvalue weighted by Gasteiger charge is 2.36. The van der Waals surface area contributed by atoms with E-state index >= 15 is 0 Å². The number of piperidine rings is 1. The van der Waals surface area contributed by atoms with Crippen molar-refractivity contribution in [3.8, 4) is 11.5 Å². The van der Waals surface area contributed by atoms with Crippen molar-refractivity contribution in [3.63, 3.8) is 0 Å². The number of furan rings is 1. The Hall–Kier alpha value is -3.79. The number of allylic oxidation sites excluding steroid dienone is 1. The number of hydrogen-bond acceptors (Lipinski definition) is 8. The Labute approximate surface area is 244 Å². The lowest BCUT2D eigenvalue weighted by molar-refractivity contribution is -0.127. The van der Waals surface area contributed by atoms with Crippen LogP contribution in [0, 0.1) is 5.92 Å². The van der Waals surface area contributed by atoms with Gasteiger partial charge in [-0.05, 0) is 63.8 Å². The van der Waals surface area contributed by atoms with Crippen molar-refractivity contribution in [2.75, 3.05) is 45.3 Å². The number of carbonyl (C=O) groups is 1. The average Bonchev–Trinajstić information content (AvgIpc) is 3.57. The first-order chi connectivity index (χ1) is 19.8. The number of likely N-dealkylation sites (N-methyl/N-ethyl adjacent to an activating group) is 1. The number of fused-ring (bicyclic) bond motifs is 1. The third-order valence-corrected chi connectivity index (χ3v) is 9.00. The summed E-state index contributed by atoms with van der Waals surface area (Å²) in [5.41, 5.74) is 1.43. The number of nitrogens with zero attached hydrogens (tertiary/aromatic N) is 4. The van der Waals surface area contributed by atoms with Gasteiger partial charge in [-0.2, -0.15) is 0 Å². The highest BCUT2D eigenvalue weighted by molar-refractivity contribution is 7.07. The van der Waals surface area contributed by atoms with Gasteiger partial charge < -0.3 is 23.7 Å². The fourth-order valence-electron chi connectivity index (χ4n) is 5.57. The molecule has 218 valence electrons. The van der Waals surface area contributed by atoms with Gasteiger partial charge in [-0.15, -0.1) is 0 Å². The average molecular weight is 579 g/mol. The van der Waals surface area contributed by atoms with Crippen LogP contribution >= 0.6 is 11.3 Å². The predicted octanol–water partition coefficient (Wildman–Crippen LogP) is 3.95. The maximum Gasteiger partial charge on any atom is 0.271 e. The molecule has 41 heavy (non-hydrogen) atoms. The normalized spacial score (nSPS) is 17.9. The summed E-state index contributed by atoms with van der Waals surface area (Å²) in [6.45, 7) is 11.0. The molecule has 0 radical (unpaired) electrons. The molecule has 2 aliphatic heterocycles. The lowest BCUT2D eigenvalue weighted by Gasteiger charge is -2.30. The van der Waals surface area contributed by atoms with Gasteiger partial charge in [-0.3, -0.25) is 14.2 Å². The first-order valence-corrected chi connectivity index (χ1v) is 15.0.